The minimum Gasteiger partial charge on any atom is -0.375 e. The first-order chi connectivity index (χ1) is 8.69. The van der Waals surface area contributed by atoms with Crippen LogP contribution < -0.4 is 5.73 Å². The molecule has 1 aliphatic heterocycles. The van der Waals surface area contributed by atoms with Gasteiger partial charge in [-0.3, -0.25) is 0 Å². The Balaban J connectivity index is 1.91. The molecule has 2 atom stereocenters. The third kappa shape index (κ3) is 3.55. The number of benzene rings is 1. The molecule has 0 aliphatic carbocycles. The molecule has 0 spiro atoms. The zero-order valence-electron chi connectivity index (χ0n) is 11.3. The van der Waals surface area contributed by atoms with E-state index in [0.717, 1.165) is 12.8 Å². The maximum atomic E-state index is 6.02. The molecule has 1 aromatic rings. The minimum absolute atomic E-state index is 0.295. The van der Waals surface area contributed by atoms with Gasteiger partial charge in [0.15, 0.2) is 0 Å². The lowest BCUT2D eigenvalue weighted by Crippen LogP contribution is -2.34. The molecular formula is C15H23NO2. The van der Waals surface area contributed by atoms with Gasteiger partial charge in [0.2, 0.25) is 0 Å². The lowest BCUT2D eigenvalue weighted by molar-refractivity contribution is -0.106. The van der Waals surface area contributed by atoms with Crippen molar-refractivity contribution in [3.05, 3.63) is 35.4 Å². The van der Waals surface area contributed by atoms with E-state index in [0.29, 0.717) is 31.5 Å². The Morgan fingerprint density at radius 2 is 1.78 bits per heavy atom. The molecule has 2 N–H and O–H groups in total. The summed E-state index contributed by atoms with van der Waals surface area (Å²) in [4.78, 5) is 0. The highest BCUT2D eigenvalue weighted by atomic mass is 16.5. The molecule has 1 heterocycles. The van der Waals surface area contributed by atoms with E-state index in [4.69, 9.17) is 15.2 Å². The van der Waals surface area contributed by atoms with Crippen LogP contribution in [0.4, 0.5) is 0 Å². The highest BCUT2D eigenvalue weighted by molar-refractivity contribution is 5.26. The monoisotopic (exact) mass is 249 g/mol. The zero-order valence-corrected chi connectivity index (χ0v) is 11.3. The van der Waals surface area contributed by atoms with E-state index in [9.17, 15) is 0 Å². The second kappa shape index (κ2) is 6.32. The highest BCUT2D eigenvalue weighted by Crippen LogP contribution is 2.23. The first-order valence-corrected chi connectivity index (χ1v) is 6.73. The fourth-order valence-corrected chi connectivity index (χ4v) is 2.59. The molecular weight excluding hydrogens is 226 g/mol. The topological polar surface area (TPSA) is 44.5 Å². The molecule has 18 heavy (non-hydrogen) atoms. The van der Waals surface area contributed by atoms with E-state index < -0.39 is 0 Å². The van der Waals surface area contributed by atoms with Crippen molar-refractivity contribution in [2.24, 2.45) is 5.73 Å². The van der Waals surface area contributed by atoms with Gasteiger partial charge in [-0.25, -0.2) is 0 Å². The van der Waals surface area contributed by atoms with E-state index in [1.54, 1.807) is 0 Å². The molecule has 1 aromatic carbocycles. The number of hydrogen-bond acceptors (Lipinski definition) is 3. The van der Waals surface area contributed by atoms with Crippen molar-refractivity contribution in [1.29, 1.82) is 0 Å². The van der Waals surface area contributed by atoms with E-state index in [1.807, 2.05) is 12.1 Å². The second-order valence-corrected chi connectivity index (χ2v) is 5.13. The third-order valence-electron chi connectivity index (χ3n) is 3.47. The Labute approximate surface area is 109 Å². The van der Waals surface area contributed by atoms with E-state index in [1.165, 1.54) is 11.1 Å². The molecule has 1 saturated heterocycles. The van der Waals surface area contributed by atoms with Crippen molar-refractivity contribution >= 4 is 0 Å². The van der Waals surface area contributed by atoms with Crippen LogP contribution in [-0.2, 0) is 22.6 Å². The summed E-state index contributed by atoms with van der Waals surface area (Å²) in [5.41, 5.74) is 8.10. The fraction of sp³-hybridized carbons (Fsp3) is 0.600. The molecule has 1 fully saturated rings. The average Bonchev–Trinajstić information content (AvgIpc) is 2.35. The van der Waals surface area contributed by atoms with E-state index >= 15 is 0 Å². The number of ether oxygens (including phenoxy) is 2. The van der Waals surface area contributed by atoms with Gasteiger partial charge in [0, 0.05) is 6.54 Å². The van der Waals surface area contributed by atoms with Crippen molar-refractivity contribution in [3.63, 3.8) is 0 Å². The summed E-state index contributed by atoms with van der Waals surface area (Å²) >= 11 is 0. The lowest BCUT2D eigenvalue weighted by atomic mass is 10.0. The van der Waals surface area contributed by atoms with Crippen LogP contribution >= 0.6 is 0 Å². The van der Waals surface area contributed by atoms with Gasteiger partial charge in [0.25, 0.3) is 0 Å². The van der Waals surface area contributed by atoms with Crippen molar-refractivity contribution in [3.8, 4) is 0 Å². The van der Waals surface area contributed by atoms with Gasteiger partial charge in [0.05, 0.1) is 24.9 Å². The van der Waals surface area contributed by atoms with Gasteiger partial charge >= 0.3 is 0 Å². The van der Waals surface area contributed by atoms with Crippen LogP contribution in [0.25, 0.3) is 0 Å². The molecule has 0 aromatic heterocycles. The van der Waals surface area contributed by atoms with Crippen molar-refractivity contribution in [2.75, 3.05) is 0 Å². The molecule has 0 amide bonds. The van der Waals surface area contributed by atoms with Gasteiger partial charge in [-0.2, -0.15) is 0 Å². The van der Waals surface area contributed by atoms with Gasteiger partial charge in [-0.1, -0.05) is 24.3 Å². The normalized spacial score (nSPS) is 28.3. The molecule has 0 bridgehead atoms. The smallest absolute Gasteiger partial charge is 0.0723 e. The quantitative estimate of drug-likeness (QED) is 0.892. The average molecular weight is 249 g/mol. The van der Waals surface area contributed by atoms with Crippen LogP contribution in [0.3, 0.4) is 0 Å². The molecule has 3 heteroatoms. The lowest BCUT2D eigenvalue weighted by Gasteiger charge is -2.32. The van der Waals surface area contributed by atoms with Gasteiger partial charge in [0.1, 0.15) is 0 Å². The zero-order chi connectivity index (χ0) is 13.0. The van der Waals surface area contributed by atoms with Crippen LogP contribution in [0.1, 0.15) is 37.8 Å². The first kappa shape index (κ1) is 13.5. The Kier molecular flexibility index (Phi) is 4.75. The number of nitrogens with two attached hydrogens (primary N) is 1. The van der Waals surface area contributed by atoms with Crippen molar-refractivity contribution in [2.45, 2.75) is 58.2 Å². The van der Waals surface area contributed by atoms with E-state index in [2.05, 4.69) is 26.0 Å². The summed E-state index contributed by atoms with van der Waals surface area (Å²) < 4.78 is 11.7. The Bertz CT molecular complexity index is 371. The van der Waals surface area contributed by atoms with Gasteiger partial charge < -0.3 is 15.2 Å². The molecule has 2 unspecified atom stereocenters. The van der Waals surface area contributed by atoms with Gasteiger partial charge in [-0.05, 0) is 37.8 Å². The minimum atomic E-state index is 0.295. The largest absolute Gasteiger partial charge is 0.375 e. The standard InChI is InChI=1S/C15H23NO2/c1-11-7-15(8-12(2)18-11)17-10-14-6-4-3-5-13(14)9-16/h3-6,11-12,15H,7-10,16H2,1-2H3. The SMILES string of the molecule is CC1CC(OCc2ccccc2CN)CC(C)O1. The van der Waals surface area contributed by atoms with Crippen LogP contribution in [0.15, 0.2) is 24.3 Å². The summed E-state index contributed by atoms with van der Waals surface area (Å²) in [6.07, 6.45) is 2.85. The molecule has 0 radical (unpaired) electrons. The van der Waals surface area contributed by atoms with Crippen LogP contribution in [-0.4, -0.2) is 18.3 Å². The summed E-state index contributed by atoms with van der Waals surface area (Å²) in [5.74, 6) is 0. The van der Waals surface area contributed by atoms with Crippen LogP contribution in [0, 0.1) is 0 Å². The number of rotatable bonds is 4. The van der Waals surface area contributed by atoms with E-state index in [-0.39, 0.29) is 0 Å². The first-order valence-electron chi connectivity index (χ1n) is 6.73. The van der Waals surface area contributed by atoms with Crippen molar-refractivity contribution < 1.29 is 9.47 Å². The molecule has 100 valence electrons. The molecule has 2 rings (SSSR count). The Morgan fingerprint density at radius 1 is 1.17 bits per heavy atom. The maximum absolute atomic E-state index is 6.02. The Hall–Kier alpha value is -0.900. The van der Waals surface area contributed by atoms with Crippen LogP contribution in [0.5, 0.6) is 0 Å². The molecule has 1 aliphatic rings. The van der Waals surface area contributed by atoms with Gasteiger partial charge in [-0.15, -0.1) is 0 Å². The summed E-state index contributed by atoms with van der Waals surface area (Å²) in [5, 5.41) is 0. The summed E-state index contributed by atoms with van der Waals surface area (Å²) in [6, 6.07) is 8.21. The predicted octanol–water partition coefficient (Wildman–Crippen LogP) is 2.62. The molecule has 3 nitrogen and oxygen atoms in total. The maximum Gasteiger partial charge on any atom is 0.0723 e. The summed E-state index contributed by atoms with van der Waals surface area (Å²) in [6.45, 7) is 5.44. The predicted molar refractivity (Wildman–Crippen MR) is 72.2 cm³/mol. The second-order valence-electron chi connectivity index (χ2n) is 5.13. The fourth-order valence-electron chi connectivity index (χ4n) is 2.59. The molecule has 0 saturated carbocycles. The van der Waals surface area contributed by atoms with Crippen molar-refractivity contribution in [1.82, 2.24) is 0 Å². The third-order valence-corrected chi connectivity index (χ3v) is 3.47. The van der Waals surface area contributed by atoms with Crippen LogP contribution in [0.2, 0.25) is 0 Å². The summed E-state index contributed by atoms with van der Waals surface area (Å²) in [7, 11) is 0. The Morgan fingerprint density at radius 3 is 2.39 bits per heavy atom. The number of hydrogen-bond donors (Lipinski definition) is 1. The highest BCUT2D eigenvalue weighted by Gasteiger charge is 2.24.